The zero-order valence-electron chi connectivity index (χ0n) is 16.7. The molecule has 8 heteroatoms. The maximum atomic E-state index is 12.0. The highest BCUT2D eigenvalue weighted by Crippen LogP contribution is 2.00. The summed E-state index contributed by atoms with van der Waals surface area (Å²) < 4.78 is 10.7. The van der Waals surface area contributed by atoms with Gasteiger partial charge in [-0.2, -0.15) is 0 Å². The van der Waals surface area contributed by atoms with Crippen molar-refractivity contribution in [1.82, 2.24) is 20.9 Å². The topological polar surface area (TPSA) is 91.1 Å². The number of carbonyl (C=O) groups is 1. The van der Waals surface area contributed by atoms with Gasteiger partial charge in [-0.1, -0.05) is 0 Å². The lowest BCUT2D eigenvalue weighted by Gasteiger charge is -2.26. The summed E-state index contributed by atoms with van der Waals surface area (Å²) in [5.41, 5.74) is -0.261. The third-order valence-corrected chi connectivity index (χ3v) is 3.96. The standard InChI is InChI=1S/C19H33N5O3/c1-19(2,3)23-17(25)15-22-18(20-7-6-16-5-4-12-27-16)21-8-9-24-10-13-26-14-11-24/h4-5,12H,6-11,13-15H2,1-3H3,(H,23,25)(H2,20,21,22). The third kappa shape index (κ3) is 9.44. The average molecular weight is 380 g/mol. The highest BCUT2D eigenvalue weighted by molar-refractivity contribution is 5.85. The van der Waals surface area contributed by atoms with Gasteiger partial charge in [0.25, 0.3) is 0 Å². The Labute approximate surface area is 161 Å². The molecule has 1 aliphatic rings. The van der Waals surface area contributed by atoms with E-state index in [1.807, 2.05) is 32.9 Å². The fraction of sp³-hybridized carbons (Fsp3) is 0.684. The van der Waals surface area contributed by atoms with Crippen molar-refractivity contribution < 1.29 is 13.9 Å². The molecule has 0 radical (unpaired) electrons. The lowest BCUT2D eigenvalue weighted by atomic mass is 10.1. The maximum absolute atomic E-state index is 12.0. The van der Waals surface area contributed by atoms with Crippen LogP contribution in [0.4, 0.5) is 0 Å². The van der Waals surface area contributed by atoms with Crippen LogP contribution < -0.4 is 16.0 Å². The Morgan fingerprint density at radius 1 is 1.22 bits per heavy atom. The molecule has 2 rings (SSSR count). The number of nitrogens with zero attached hydrogens (tertiary/aromatic N) is 2. The Hall–Kier alpha value is -2.06. The Bertz CT molecular complexity index is 575. The quantitative estimate of drug-likeness (QED) is 0.453. The normalized spacial score (nSPS) is 16.2. The summed E-state index contributed by atoms with van der Waals surface area (Å²) in [5.74, 6) is 1.46. The molecule has 0 bridgehead atoms. The molecule has 0 aromatic carbocycles. The van der Waals surface area contributed by atoms with Gasteiger partial charge in [-0.25, -0.2) is 4.99 Å². The number of hydrogen-bond acceptors (Lipinski definition) is 5. The smallest absolute Gasteiger partial charge is 0.242 e. The fourth-order valence-corrected chi connectivity index (χ4v) is 2.70. The molecule has 152 valence electrons. The number of nitrogens with one attached hydrogen (secondary N) is 3. The largest absolute Gasteiger partial charge is 0.469 e. The summed E-state index contributed by atoms with van der Waals surface area (Å²) in [6, 6.07) is 3.82. The summed E-state index contributed by atoms with van der Waals surface area (Å²) in [7, 11) is 0. The average Bonchev–Trinajstić information content (AvgIpc) is 3.12. The molecule has 1 aromatic rings. The van der Waals surface area contributed by atoms with Crippen molar-refractivity contribution in [3.8, 4) is 0 Å². The molecule has 27 heavy (non-hydrogen) atoms. The summed E-state index contributed by atoms with van der Waals surface area (Å²) in [5, 5.41) is 9.50. The summed E-state index contributed by atoms with van der Waals surface area (Å²) in [4.78, 5) is 18.8. The minimum atomic E-state index is -0.261. The van der Waals surface area contributed by atoms with Gasteiger partial charge in [0.1, 0.15) is 12.3 Å². The van der Waals surface area contributed by atoms with Gasteiger partial charge >= 0.3 is 0 Å². The molecule has 0 spiro atoms. The maximum Gasteiger partial charge on any atom is 0.242 e. The van der Waals surface area contributed by atoms with Crippen LogP contribution in [0, 0.1) is 0 Å². The van der Waals surface area contributed by atoms with Crippen molar-refractivity contribution in [1.29, 1.82) is 0 Å². The first kappa shape index (κ1) is 21.2. The van der Waals surface area contributed by atoms with Crippen LogP contribution in [0.2, 0.25) is 0 Å². The monoisotopic (exact) mass is 379 g/mol. The van der Waals surface area contributed by atoms with Gasteiger partial charge in [-0.05, 0) is 32.9 Å². The van der Waals surface area contributed by atoms with E-state index in [9.17, 15) is 4.79 Å². The third-order valence-electron chi connectivity index (χ3n) is 3.96. The van der Waals surface area contributed by atoms with E-state index in [2.05, 4.69) is 25.8 Å². The van der Waals surface area contributed by atoms with Gasteiger partial charge in [0.2, 0.25) is 5.91 Å². The number of morpholine rings is 1. The number of guanidine groups is 1. The van der Waals surface area contributed by atoms with Gasteiger partial charge < -0.3 is 25.1 Å². The number of rotatable bonds is 8. The van der Waals surface area contributed by atoms with Crippen molar-refractivity contribution in [3.63, 3.8) is 0 Å². The number of ether oxygens (including phenoxy) is 1. The molecule has 0 aliphatic carbocycles. The number of aliphatic imine (C=N–C) groups is 1. The minimum absolute atomic E-state index is 0.0882. The van der Waals surface area contributed by atoms with Crippen LogP contribution in [0.3, 0.4) is 0 Å². The molecule has 1 aliphatic heterocycles. The highest BCUT2D eigenvalue weighted by Gasteiger charge is 2.14. The van der Waals surface area contributed by atoms with Crippen molar-refractivity contribution >= 4 is 11.9 Å². The molecule has 8 nitrogen and oxygen atoms in total. The summed E-state index contributed by atoms with van der Waals surface area (Å²) in [6.07, 6.45) is 2.42. The predicted molar refractivity (Wildman–Crippen MR) is 106 cm³/mol. The zero-order chi connectivity index (χ0) is 19.5. The first-order chi connectivity index (χ1) is 12.9. The predicted octanol–water partition coefficient (Wildman–Crippen LogP) is 0.604. The van der Waals surface area contributed by atoms with E-state index >= 15 is 0 Å². The molecule has 0 atom stereocenters. The van der Waals surface area contributed by atoms with Gasteiger partial charge in [-0.15, -0.1) is 0 Å². The van der Waals surface area contributed by atoms with Crippen LogP contribution in [0.15, 0.2) is 27.8 Å². The number of carbonyl (C=O) groups excluding carboxylic acids is 1. The Balaban J connectivity index is 1.80. The second kappa shape index (κ2) is 10.9. The number of amides is 1. The Morgan fingerprint density at radius 2 is 1.96 bits per heavy atom. The summed E-state index contributed by atoms with van der Waals surface area (Å²) >= 11 is 0. The van der Waals surface area contributed by atoms with Crippen LogP contribution in [-0.4, -0.2) is 74.8 Å². The zero-order valence-corrected chi connectivity index (χ0v) is 16.7. The first-order valence-electron chi connectivity index (χ1n) is 9.58. The van der Waals surface area contributed by atoms with E-state index in [4.69, 9.17) is 9.15 Å². The van der Waals surface area contributed by atoms with Crippen LogP contribution in [0.1, 0.15) is 26.5 Å². The van der Waals surface area contributed by atoms with Gasteiger partial charge in [-0.3, -0.25) is 9.69 Å². The van der Waals surface area contributed by atoms with E-state index in [1.54, 1.807) is 6.26 Å². The molecular formula is C19H33N5O3. The molecule has 2 heterocycles. The van der Waals surface area contributed by atoms with Crippen LogP contribution in [-0.2, 0) is 16.0 Å². The molecule has 1 aromatic heterocycles. The lowest BCUT2D eigenvalue weighted by molar-refractivity contribution is -0.121. The lowest BCUT2D eigenvalue weighted by Crippen LogP contribution is -2.46. The molecule has 1 saturated heterocycles. The Morgan fingerprint density at radius 3 is 2.63 bits per heavy atom. The fourth-order valence-electron chi connectivity index (χ4n) is 2.70. The van der Waals surface area contributed by atoms with E-state index in [1.165, 1.54) is 0 Å². The van der Waals surface area contributed by atoms with E-state index in [0.717, 1.165) is 51.6 Å². The highest BCUT2D eigenvalue weighted by atomic mass is 16.5. The van der Waals surface area contributed by atoms with Crippen LogP contribution in [0.5, 0.6) is 0 Å². The summed E-state index contributed by atoms with van der Waals surface area (Å²) in [6.45, 7) is 11.8. The molecule has 0 unspecified atom stereocenters. The second-order valence-corrected chi connectivity index (χ2v) is 7.60. The number of furan rings is 1. The van der Waals surface area contributed by atoms with Gasteiger partial charge in [0.05, 0.1) is 19.5 Å². The van der Waals surface area contributed by atoms with Crippen molar-refractivity contribution in [2.45, 2.75) is 32.7 Å². The van der Waals surface area contributed by atoms with E-state index in [-0.39, 0.29) is 18.0 Å². The molecule has 0 saturated carbocycles. The second-order valence-electron chi connectivity index (χ2n) is 7.60. The van der Waals surface area contributed by atoms with Crippen molar-refractivity contribution in [2.75, 3.05) is 52.5 Å². The van der Waals surface area contributed by atoms with E-state index in [0.29, 0.717) is 12.5 Å². The van der Waals surface area contributed by atoms with Crippen molar-refractivity contribution in [2.24, 2.45) is 4.99 Å². The van der Waals surface area contributed by atoms with Crippen LogP contribution in [0.25, 0.3) is 0 Å². The minimum Gasteiger partial charge on any atom is -0.469 e. The Kier molecular flexibility index (Phi) is 8.60. The molecule has 1 fully saturated rings. The molecule has 1 amide bonds. The van der Waals surface area contributed by atoms with Gasteiger partial charge in [0.15, 0.2) is 5.96 Å². The van der Waals surface area contributed by atoms with Crippen LogP contribution >= 0.6 is 0 Å². The van der Waals surface area contributed by atoms with Gasteiger partial charge in [0, 0.05) is 44.7 Å². The first-order valence-corrected chi connectivity index (χ1v) is 9.58. The molecule has 3 N–H and O–H groups in total. The van der Waals surface area contributed by atoms with E-state index < -0.39 is 0 Å². The number of hydrogen-bond donors (Lipinski definition) is 3. The SMILES string of the molecule is CC(C)(C)NC(=O)CN=C(NCCc1ccco1)NCCN1CCOCC1. The van der Waals surface area contributed by atoms with Crippen molar-refractivity contribution in [3.05, 3.63) is 24.2 Å². The molecular weight excluding hydrogens is 346 g/mol.